The van der Waals surface area contributed by atoms with Gasteiger partial charge in [-0.05, 0) is 28.5 Å². The van der Waals surface area contributed by atoms with E-state index in [9.17, 15) is 23.1 Å². The van der Waals surface area contributed by atoms with Crippen molar-refractivity contribution < 1.29 is 23.1 Å². The van der Waals surface area contributed by atoms with Crippen LogP contribution in [0, 0.1) is 0 Å². The summed E-state index contributed by atoms with van der Waals surface area (Å²) >= 11 is 0. The summed E-state index contributed by atoms with van der Waals surface area (Å²) in [7, 11) is -3.96. The van der Waals surface area contributed by atoms with Crippen LogP contribution in [0.15, 0.2) is 82.7 Å². The summed E-state index contributed by atoms with van der Waals surface area (Å²) in [6, 6.07) is 19.7. The molecule has 1 atom stereocenters. The van der Waals surface area contributed by atoms with Gasteiger partial charge in [-0.25, -0.2) is 17.9 Å². The quantitative estimate of drug-likeness (QED) is 0.295. The molecule has 3 aromatic rings. The smallest absolute Gasteiger partial charge is 0.326 e. The first-order valence-corrected chi connectivity index (χ1v) is 11.1. The minimum atomic E-state index is -3.96. The first-order chi connectivity index (χ1) is 15.2. The van der Waals surface area contributed by atoms with E-state index in [2.05, 4.69) is 15.0 Å². The zero-order chi connectivity index (χ0) is 23.1. The summed E-state index contributed by atoms with van der Waals surface area (Å²) in [5, 5.41) is 13.5. The van der Waals surface area contributed by atoms with Gasteiger partial charge >= 0.3 is 5.97 Å². The van der Waals surface area contributed by atoms with E-state index in [0.29, 0.717) is 0 Å². The summed E-state index contributed by atoms with van der Waals surface area (Å²) < 4.78 is 27.2. The molecule has 0 fully saturated rings. The first kappa shape index (κ1) is 22.9. The second-order valence-corrected chi connectivity index (χ2v) is 8.72. The standard InChI is InChI=1S/C22H22N4O5S/c23-22(25-19(21(28)29)12-15-6-2-1-3-7-15)26-20(27)14-24-32(30,31)18-11-10-16-8-4-5-9-17(16)13-18/h1-11,13,19,24H,12,14H2,(H,28,29)(H3,23,25,26,27)/t19-/m0/s1. The number of hydrogen-bond donors (Lipinski definition) is 4. The van der Waals surface area contributed by atoms with Crippen LogP contribution < -0.4 is 15.8 Å². The third-order valence-corrected chi connectivity index (χ3v) is 5.99. The van der Waals surface area contributed by atoms with Crippen LogP contribution in [-0.2, 0) is 26.0 Å². The Hall–Kier alpha value is -3.76. The second-order valence-electron chi connectivity index (χ2n) is 6.95. The van der Waals surface area contributed by atoms with Gasteiger partial charge in [-0.3, -0.25) is 4.79 Å². The lowest BCUT2D eigenvalue weighted by atomic mass is 10.1. The number of nitrogens with zero attached hydrogens (tertiary/aromatic N) is 1. The molecule has 0 saturated carbocycles. The number of guanidine groups is 1. The van der Waals surface area contributed by atoms with E-state index in [0.717, 1.165) is 16.3 Å². The van der Waals surface area contributed by atoms with Gasteiger partial charge in [0, 0.05) is 6.42 Å². The van der Waals surface area contributed by atoms with Crippen LogP contribution in [0.5, 0.6) is 0 Å². The van der Waals surface area contributed by atoms with Gasteiger partial charge in [-0.2, -0.15) is 4.99 Å². The van der Waals surface area contributed by atoms with E-state index in [4.69, 9.17) is 5.73 Å². The van der Waals surface area contributed by atoms with Gasteiger partial charge in [0.05, 0.1) is 11.4 Å². The highest BCUT2D eigenvalue weighted by Crippen LogP contribution is 2.18. The Morgan fingerprint density at radius 3 is 2.31 bits per heavy atom. The molecule has 32 heavy (non-hydrogen) atoms. The first-order valence-electron chi connectivity index (χ1n) is 9.63. The van der Waals surface area contributed by atoms with Crippen LogP contribution >= 0.6 is 0 Å². The van der Waals surface area contributed by atoms with Crippen LogP contribution in [0.25, 0.3) is 10.8 Å². The molecule has 0 spiro atoms. The Morgan fingerprint density at radius 2 is 1.62 bits per heavy atom. The molecule has 0 radical (unpaired) electrons. The van der Waals surface area contributed by atoms with E-state index in [1.54, 1.807) is 48.5 Å². The largest absolute Gasteiger partial charge is 0.480 e. The minimum Gasteiger partial charge on any atom is -0.480 e. The number of aliphatic carboxylic acids is 1. The lowest BCUT2D eigenvalue weighted by Crippen LogP contribution is -2.46. The van der Waals surface area contributed by atoms with Gasteiger partial charge < -0.3 is 16.2 Å². The van der Waals surface area contributed by atoms with E-state index in [1.165, 1.54) is 12.1 Å². The summed E-state index contributed by atoms with van der Waals surface area (Å²) in [5.74, 6) is -2.46. The van der Waals surface area contributed by atoms with E-state index < -0.39 is 40.4 Å². The molecular weight excluding hydrogens is 432 g/mol. The Bertz CT molecular complexity index is 1260. The van der Waals surface area contributed by atoms with Gasteiger partial charge in [-0.1, -0.05) is 60.7 Å². The number of sulfonamides is 1. The SMILES string of the molecule is NC(=NC(=O)CNS(=O)(=O)c1ccc2ccccc2c1)N[C@@H](Cc1ccccc1)C(=O)O. The molecule has 0 heterocycles. The highest BCUT2D eigenvalue weighted by molar-refractivity contribution is 7.89. The number of amides is 1. The normalized spacial score (nSPS) is 12.9. The van der Waals surface area contributed by atoms with E-state index >= 15 is 0 Å². The predicted molar refractivity (Wildman–Crippen MR) is 120 cm³/mol. The van der Waals surface area contributed by atoms with Crippen LogP contribution in [0.4, 0.5) is 0 Å². The molecule has 0 aromatic heterocycles. The Kier molecular flexibility index (Phi) is 7.18. The number of carboxylic acid groups (broad SMARTS) is 1. The molecular formula is C22H22N4O5S. The molecule has 0 unspecified atom stereocenters. The zero-order valence-electron chi connectivity index (χ0n) is 16.9. The average molecular weight is 455 g/mol. The summed E-state index contributed by atoms with van der Waals surface area (Å²) in [6.07, 6.45) is 0.120. The Labute approximate surface area is 185 Å². The number of nitrogens with one attached hydrogen (secondary N) is 2. The number of rotatable bonds is 8. The van der Waals surface area contributed by atoms with Crippen molar-refractivity contribution in [3.05, 3.63) is 78.4 Å². The lowest BCUT2D eigenvalue weighted by Gasteiger charge is -2.15. The highest BCUT2D eigenvalue weighted by Gasteiger charge is 2.20. The number of carbonyl (C=O) groups excluding carboxylic acids is 1. The third-order valence-electron chi connectivity index (χ3n) is 4.59. The molecule has 3 aromatic carbocycles. The predicted octanol–water partition coefficient (Wildman–Crippen LogP) is 1.24. The van der Waals surface area contributed by atoms with Gasteiger partial charge in [-0.15, -0.1) is 0 Å². The summed E-state index contributed by atoms with van der Waals surface area (Å²) in [4.78, 5) is 27.1. The molecule has 1 amide bonds. The van der Waals surface area contributed by atoms with Crippen LogP contribution in [0.2, 0.25) is 0 Å². The van der Waals surface area contributed by atoms with Crippen LogP contribution in [-0.4, -0.2) is 43.9 Å². The maximum Gasteiger partial charge on any atom is 0.326 e. The molecule has 0 bridgehead atoms. The number of hydrogen-bond acceptors (Lipinski definition) is 4. The zero-order valence-corrected chi connectivity index (χ0v) is 17.7. The number of nitrogens with two attached hydrogens (primary N) is 1. The van der Waals surface area contributed by atoms with Crippen LogP contribution in [0.3, 0.4) is 0 Å². The fourth-order valence-electron chi connectivity index (χ4n) is 3.01. The molecule has 3 rings (SSSR count). The molecule has 9 nitrogen and oxygen atoms in total. The van der Waals surface area contributed by atoms with Crippen molar-refractivity contribution in [3.8, 4) is 0 Å². The minimum absolute atomic E-state index is 0.00730. The highest BCUT2D eigenvalue weighted by atomic mass is 32.2. The van der Waals surface area contributed by atoms with Crippen molar-refractivity contribution in [1.82, 2.24) is 10.0 Å². The van der Waals surface area contributed by atoms with E-state index in [1.807, 2.05) is 12.1 Å². The molecule has 0 aliphatic carbocycles. The number of carbonyl (C=O) groups is 2. The molecule has 10 heteroatoms. The molecule has 0 aliphatic rings. The summed E-state index contributed by atoms with van der Waals surface area (Å²) in [6.45, 7) is -0.631. The lowest BCUT2D eigenvalue weighted by molar-refractivity contribution is -0.139. The van der Waals surface area contributed by atoms with Crippen molar-refractivity contribution in [2.45, 2.75) is 17.4 Å². The van der Waals surface area contributed by atoms with Crippen molar-refractivity contribution in [1.29, 1.82) is 0 Å². The van der Waals surface area contributed by atoms with Gasteiger partial charge in [0.2, 0.25) is 10.0 Å². The van der Waals surface area contributed by atoms with Crippen molar-refractivity contribution in [2.75, 3.05) is 6.54 Å². The monoisotopic (exact) mass is 454 g/mol. The van der Waals surface area contributed by atoms with Gasteiger partial charge in [0.15, 0.2) is 5.96 Å². The molecule has 0 saturated heterocycles. The van der Waals surface area contributed by atoms with Crippen molar-refractivity contribution >= 4 is 38.6 Å². The third kappa shape index (κ3) is 6.13. The maximum absolute atomic E-state index is 12.5. The number of aliphatic imine (C=N–C) groups is 1. The summed E-state index contributed by atoms with van der Waals surface area (Å²) in [5.41, 5.74) is 6.42. The fourth-order valence-corrected chi connectivity index (χ4v) is 4.02. The average Bonchev–Trinajstić information content (AvgIpc) is 2.77. The number of carboxylic acids is 1. The Balaban J connectivity index is 1.61. The maximum atomic E-state index is 12.5. The number of fused-ring (bicyclic) bond motifs is 1. The fraction of sp³-hybridized carbons (Fsp3) is 0.136. The topological polar surface area (TPSA) is 151 Å². The molecule has 166 valence electrons. The second kappa shape index (κ2) is 10.0. The molecule has 5 N–H and O–H groups in total. The molecule has 0 aliphatic heterocycles. The van der Waals surface area contributed by atoms with Gasteiger partial charge in [0.25, 0.3) is 5.91 Å². The van der Waals surface area contributed by atoms with E-state index in [-0.39, 0.29) is 11.3 Å². The Morgan fingerprint density at radius 1 is 0.969 bits per heavy atom. The van der Waals surface area contributed by atoms with Crippen LogP contribution in [0.1, 0.15) is 5.56 Å². The van der Waals surface area contributed by atoms with Crippen molar-refractivity contribution in [2.24, 2.45) is 10.7 Å². The number of benzene rings is 3. The van der Waals surface area contributed by atoms with Gasteiger partial charge in [0.1, 0.15) is 6.04 Å². The van der Waals surface area contributed by atoms with Crippen molar-refractivity contribution in [3.63, 3.8) is 0 Å².